The number of aromatic nitrogens is 3. The first-order valence-electron chi connectivity index (χ1n) is 8.42. The molecule has 1 saturated heterocycles. The Labute approximate surface area is 151 Å². The Balaban J connectivity index is 1.44. The van der Waals surface area contributed by atoms with Gasteiger partial charge in [0.05, 0.1) is 12.9 Å². The van der Waals surface area contributed by atoms with Gasteiger partial charge in [-0.05, 0) is 36.5 Å². The Morgan fingerprint density at radius 1 is 1.04 bits per heavy atom. The number of hydrogen-bond donors (Lipinski definition) is 0. The fourth-order valence-corrected chi connectivity index (χ4v) is 3.36. The first-order chi connectivity index (χ1) is 12.2. The predicted octanol–water partition coefficient (Wildman–Crippen LogP) is 2.99. The van der Waals surface area contributed by atoms with E-state index in [4.69, 9.17) is 16.6 Å². The molecule has 3 aromatic rings. The van der Waals surface area contributed by atoms with Crippen LogP contribution in [0.4, 0.5) is 5.69 Å². The zero-order chi connectivity index (χ0) is 17.2. The minimum Gasteiger partial charge on any atom is -0.461 e. The Morgan fingerprint density at radius 2 is 1.80 bits per heavy atom. The first kappa shape index (κ1) is 16.1. The molecule has 0 N–H and O–H groups in total. The minimum absolute atomic E-state index is 0.704. The van der Waals surface area contributed by atoms with Gasteiger partial charge in [0.25, 0.3) is 0 Å². The Kier molecular flexibility index (Phi) is 4.42. The molecule has 3 heterocycles. The van der Waals surface area contributed by atoms with Crippen molar-refractivity contribution in [2.24, 2.45) is 7.05 Å². The van der Waals surface area contributed by atoms with E-state index in [1.165, 1.54) is 5.69 Å². The highest BCUT2D eigenvalue weighted by atomic mass is 32.1. The minimum atomic E-state index is 0.704. The molecule has 25 heavy (non-hydrogen) atoms. The van der Waals surface area contributed by atoms with Crippen molar-refractivity contribution < 1.29 is 4.42 Å². The zero-order valence-electron chi connectivity index (χ0n) is 14.2. The zero-order valence-corrected chi connectivity index (χ0v) is 15.0. The van der Waals surface area contributed by atoms with Crippen LogP contribution >= 0.6 is 12.2 Å². The second kappa shape index (κ2) is 6.85. The molecule has 1 aromatic carbocycles. The quantitative estimate of drug-likeness (QED) is 0.673. The summed E-state index contributed by atoms with van der Waals surface area (Å²) in [5, 5.41) is 4.65. The summed E-state index contributed by atoms with van der Waals surface area (Å²) in [5.74, 6) is 1.50. The summed E-state index contributed by atoms with van der Waals surface area (Å²) in [6.07, 6.45) is 1.65. The molecule has 1 aliphatic heterocycles. The lowest BCUT2D eigenvalue weighted by Gasteiger charge is -2.35. The van der Waals surface area contributed by atoms with Crippen LogP contribution in [-0.4, -0.2) is 45.4 Å². The van der Waals surface area contributed by atoms with E-state index in [0.29, 0.717) is 11.4 Å². The fourth-order valence-electron chi connectivity index (χ4n) is 3.18. The molecule has 4 rings (SSSR count). The number of rotatable bonds is 4. The molecular formula is C18H21N5OS. The number of para-hydroxylation sites is 1. The average molecular weight is 355 g/mol. The van der Waals surface area contributed by atoms with Crippen molar-refractivity contribution in [2.45, 2.75) is 6.67 Å². The van der Waals surface area contributed by atoms with E-state index in [1.807, 2.05) is 28.4 Å². The van der Waals surface area contributed by atoms with Crippen LogP contribution in [0.3, 0.4) is 0 Å². The summed E-state index contributed by atoms with van der Waals surface area (Å²) in [5.41, 5.74) is 1.29. The highest BCUT2D eigenvalue weighted by Crippen LogP contribution is 2.19. The van der Waals surface area contributed by atoms with Gasteiger partial charge in [0.2, 0.25) is 0 Å². The van der Waals surface area contributed by atoms with Crippen molar-refractivity contribution in [3.63, 3.8) is 0 Å². The van der Waals surface area contributed by atoms with Gasteiger partial charge in [-0.2, -0.15) is 0 Å². The molecule has 7 heteroatoms. The van der Waals surface area contributed by atoms with Crippen LogP contribution < -0.4 is 4.90 Å². The molecule has 0 amide bonds. The van der Waals surface area contributed by atoms with Crippen molar-refractivity contribution in [1.29, 1.82) is 0 Å². The molecule has 0 spiro atoms. The molecule has 6 nitrogen and oxygen atoms in total. The Morgan fingerprint density at radius 3 is 2.48 bits per heavy atom. The van der Waals surface area contributed by atoms with Crippen LogP contribution in [0.15, 0.2) is 53.1 Å². The lowest BCUT2D eigenvalue weighted by molar-refractivity contribution is 0.194. The van der Waals surface area contributed by atoms with Crippen molar-refractivity contribution in [3.05, 3.63) is 53.5 Å². The maximum atomic E-state index is 5.54. The lowest BCUT2D eigenvalue weighted by atomic mass is 10.2. The molecule has 1 aliphatic rings. The second-order valence-electron chi connectivity index (χ2n) is 6.22. The van der Waals surface area contributed by atoms with Gasteiger partial charge in [0.15, 0.2) is 16.4 Å². The molecule has 0 bridgehead atoms. The monoisotopic (exact) mass is 355 g/mol. The largest absolute Gasteiger partial charge is 0.461 e. The molecule has 2 aromatic heterocycles. The number of nitrogens with zero attached hydrogens (tertiary/aromatic N) is 5. The Bertz CT molecular complexity index is 876. The van der Waals surface area contributed by atoms with Gasteiger partial charge < -0.3 is 13.9 Å². The van der Waals surface area contributed by atoms with E-state index in [0.717, 1.165) is 37.8 Å². The number of piperazine rings is 1. The predicted molar refractivity (Wildman–Crippen MR) is 100.0 cm³/mol. The highest BCUT2D eigenvalue weighted by molar-refractivity contribution is 7.71. The van der Waals surface area contributed by atoms with Crippen molar-refractivity contribution in [3.8, 4) is 11.6 Å². The summed E-state index contributed by atoms with van der Waals surface area (Å²) in [7, 11) is 1.93. The van der Waals surface area contributed by atoms with Crippen molar-refractivity contribution >= 4 is 17.9 Å². The van der Waals surface area contributed by atoms with Crippen LogP contribution in [-0.2, 0) is 13.7 Å². The van der Waals surface area contributed by atoms with Gasteiger partial charge >= 0.3 is 0 Å². The maximum absolute atomic E-state index is 5.54. The molecule has 0 atom stereocenters. The van der Waals surface area contributed by atoms with E-state index in [9.17, 15) is 0 Å². The second-order valence-corrected chi connectivity index (χ2v) is 6.59. The summed E-state index contributed by atoms with van der Waals surface area (Å²) in [6, 6.07) is 14.3. The SMILES string of the molecule is Cn1c(-c2ccco2)nn(CN2CCN(c3ccccc3)CC2)c1=S. The third kappa shape index (κ3) is 3.25. The molecular weight excluding hydrogens is 334 g/mol. The van der Waals surface area contributed by atoms with Gasteiger partial charge in [-0.3, -0.25) is 4.90 Å². The molecule has 0 saturated carbocycles. The molecule has 0 radical (unpaired) electrons. The van der Waals surface area contributed by atoms with Crippen molar-refractivity contribution in [1.82, 2.24) is 19.2 Å². The topological polar surface area (TPSA) is 42.4 Å². The van der Waals surface area contributed by atoms with Gasteiger partial charge in [-0.15, -0.1) is 5.10 Å². The summed E-state index contributed by atoms with van der Waals surface area (Å²) in [4.78, 5) is 4.80. The van der Waals surface area contributed by atoms with Gasteiger partial charge in [0, 0.05) is 38.9 Å². The number of anilines is 1. The Hall–Kier alpha value is -2.38. The highest BCUT2D eigenvalue weighted by Gasteiger charge is 2.19. The van der Waals surface area contributed by atoms with E-state index < -0.39 is 0 Å². The lowest BCUT2D eigenvalue weighted by Crippen LogP contribution is -2.47. The van der Waals surface area contributed by atoms with E-state index in [2.05, 4.69) is 45.2 Å². The smallest absolute Gasteiger partial charge is 0.199 e. The van der Waals surface area contributed by atoms with Crippen LogP contribution in [0.1, 0.15) is 0 Å². The van der Waals surface area contributed by atoms with Crippen LogP contribution in [0.25, 0.3) is 11.6 Å². The molecule has 130 valence electrons. The molecule has 1 fully saturated rings. The summed E-state index contributed by atoms with van der Waals surface area (Å²) >= 11 is 5.54. The summed E-state index contributed by atoms with van der Waals surface area (Å²) in [6.45, 7) is 4.70. The number of benzene rings is 1. The number of furan rings is 1. The third-order valence-electron chi connectivity index (χ3n) is 4.61. The first-order valence-corrected chi connectivity index (χ1v) is 8.83. The van der Waals surface area contributed by atoms with Gasteiger partial charge in [-0.1, -0.05) is 18.2 Å². The van der Waals surface area contributed by atoms with Crippen molar-refractivity contribution in [2.75, 3.05) is 31.1 Å². The van der Waals surface area contributed by atoms with E-state index in [-0.39, 0.29) is 0 Å². The molecule has 0 unspecified atom stereocenters. The van der Waals surface area contributed by atoms with E-state index in [1.54, 1.807) is 6.26 Å². The van der Waals surface area contributed by atoms with Gasteiger partial charge in [0.1, 0.15) is 0 Å². The molecule has 0 aliphatic carbocycles. The third-order valence-corrected chi connectivity index (χ3v) is 5.09. The fraction of sp³-hybridized carbons (Fsp3) is 0.333. The number of hydrogen-bond acceptors (Lipinski definition) is 5. The van der Waals surface area contributed by atoms with Crippen LogP contribution in [0.2, 0.25) is 0 Å². The maximum Gasteiger partial charge on any atom is 0.199 e. The summed E-state index contributed by atoms with van der Waals surface area (Å²) < 4.78 is 9.94. The van der Waals surface area contributed by atoms with E-state index >= 15 is 0 Å². The normalized spacial score (nSPS) is 15.6. The van der Waals surface area contributed by atoms with Gasteiger partial charge in [-0.25, -0.2) is 4.68 Å². The standard InChI is InChI=1S/C18H21N5OS/c1-20-17(16-8-5-13-24-16)19-23(18(20)25)14-21-9-11-22(12-10-21)15-6-3-2-4-7-15/h2-8,13H,9-12,14H2,1H3. The average Bonchev–Trinajstić information content (AvgIpc) is 3.27. The van der Waals surface area contributed by atoms with Crippen LogP contribution in [0.5, 0.6) is 0 Å². The van der Waals surface area contributed by atoms with Crippen LogP contribution in [0, 0.1) is 4.77 Å².